The van der Waals surface area contributed by atoms with Gasteiger partial charge in [0, 0.05) is 0 Å². The van der Waals surface area contributed by atoms with E-state index in [-0.39, 0.29) is 6.61 Å². The highest BCUT2D eigenvalue weighted by molar-refractivity contribution is 7.43. The van der Waals surface area contributed by atoms with Gasteiger partial charge in [-0.3, -0.25) is 0 Å². The summed E-state index contributed by atoms with van der Waals surface area (Å²) in [5.41, 5.74) is 20.9. The van der Waals surface area contributed by atoms with Gasteiger partial charge >= 0.3 is 0 Å². The molecule has 0 aromatic carbocycles. The van der Waals surface area contributed by atoms with Gasteiger partial charge in [-0.15, -0.1) is 0 Å². The van der Waals surface area contributed by atoms with Crippen molar-refractivity contribution in [3.63, 3.8) is 0 Å². The average molecular weight is 1120 g/mol. The van der Waals surface area contributed by atoms with Gasteiger partial charge in [0.05, 0.1) is 14.4 Å². The van der Waals surface area contributed by atoms with E-state index in [1.54, 1.807) is 0 Å². The van der Waals surface area contributed by atoms with Crippen LogP contribution in [0.1, 0.15) is 297 Å². The molecule has 454 valence electrons. The Morgan fingerprint density at radius 2 is 0.450 bits per heavy atom. The van der Waals surface area contributed by atoms with E-state index in [4.69, 9.17) is 0 Å². The Morgan fingerprint density at radius 1 is 0.287 bits per heavy atom. The summed E-state index contributed by atoms with van der Waals surface area (Å²) in [6.45, 7) is 36.1. The lowest BCUT2D eigenvalue weighted by Crippen LogP contribution is -2.17. The lowest BCUT2D eigenvalue weighted by Gasteiger charge is -2.29. The minimum absolute atomic E-state index is 0.0195. The fraction of sp³-hybridized carbons (Fsp3) is 0.627. The molecule has 0 heterocycles. The molecule has 0 aromatic heterocycles. The lowest BCUT2D eigenvalue weighted by atomic mass is 10.0. The van der Waals surface area contributed by atoms with Crippen molar-refractivity contribution in [3.05, 3.63) is 163 Å². The Hall–Kier alpha value is -3.53. The molecule has 80 heavy (non-hydrogen) atoms. The molecule has 0 saturated heterocycles. The van der Waals surface area contributed by atoms with Crippen molar-refractivity contribution in [1.29, 1.82) is 0 Å². The molecule has 5 heteroatoms. The maximum Gasteiger partial charge on any atom is 0.0596 e. The number of phosphoric acid groups is 1. The van der Waals surface area contributed by atoms with Crippen LogP contribution in [0.5, 0.6) is 0 Å². The third kappa shape index (κ3) is 52.5. The Morgan fingerprint density at radius 3 is 0.613 bits per heavy atom. The molecule has 1 atom stereocenters. The van der Waals surface area contributed by atoms with Crippen LogP contribution < -0.4 is 9.79 Å². The topological polar surface area (TPSA) is 72.4 Å². The van der Waals surface area contributed by atoms with Gasteiger partial charge in [-0.05, 0) is 296 Å². The second kappa shape index (κ2) is 48.9. The number of rotatable bonds is 46. The molecule has 0 radical (unpaired) electrons. The van der Waals surface area contributed by atoms with E-state index < -0.39 is 7.82 Å². The van der Waals surface area contributed by atoms with E-state index >= 15 is 0 Å². The van der Waals surface area contributed by atoms with Gasteiger partial charge in [0.15, 0.2) is 0 Å². The van der Waals surface area contributed by atoms with Gasteiger partial charge in [-0.25, -0.2) is 0 Å². The highest BCUT2D eigenvalue weighted by Gasteiger charge is 2.04. The summed E-state index contributed by atoms with van der Waals surface area (Å²) in [5.74, 6) is 0.318. The van der Waals surface area contributed by atoms with Crippen molar-refractivity contribution in [2.75, 3.05) is 6.61 Å². The van der Waals surface area contributed by atoms with Crippen LogP contribution in [-0.4, -0.2) is 6.61 Å². The predicted molar refractivity (Wildman–Crippen MR) is 355 cm³/mol. The Labute approximate surface area is 496 Å². The van der Waals surface area contributed by atoms with Crippen molar-refractivity contribution in [2.24, 2.45) is 5.92 Å². The second-order valence-electron chi connectivity index (χ2n) is 24.7. The summed E-state index contributed by atoms with van der Waals surface area (Å²) in [7, 11) is -4.86. The Bertz CT molecular complexity index is 2200. The third-order valence-electron chi connectivity index (χ3n) is 15.5. The highest BCUT2D eigenvalue weighted by Crippen LogP contribution is 2.26. The first kappa shape index (κ1) is 76.5. The zero-order valence-corrected chi connectivity index (χ0v) is 55.8. The van der Waals surface area contributed by atoms with Crippen LogP contribution in [0, 0.1) is 5.92 Å². The van der Waals surface area contributed by atoms with Crippen molar-refractivity contribution < 1.29 is 18.9 Å². The predicted octanol–water partition coefficient (Wildman–Crippen LogP) is 24.0. The van der Waals surface area contributed by atoms with Gasteiger partial charge < -0.3 is 18.9 Å². The van der Waals surface area contributed by atoms with Crippen LogP contribution in [0.4, 0.5) is 0 Å². The summed E-state index contributed by atoms with van der Waals surface area (Å²) >= 11 is 0. The first-order valence-corrected chi connectivity index (χ1v) is 33.2. The molecule has 1 unspecified atom stereocenters. The van der Waals surface area contributed by atoms with Crippen molar-refractivity contribution >= 4 is 7.82 Å². The van der Waals surface area contributed by atoms with Gasteiger partial charge in [0.2, 0.25) is 0 Å². The largest absolute Gasteiger partial charge is 0.790 e. The molecule has 0 bridgehead atoms. The standard InChI is InChI=1S/C75H125O4P/c1-61(2)31-17-32-62(3)33-18-34-63(4)35-19-36-64(5)37-20-38-65(6)39-21-40-66(7)41-22-42-67(8)43-23-44-68(9)45-24-46-69(10)47-25-48-70(11)49-26-50-71(12)51-27-52-72(13)53-28-54-73(14)55-29-56-74(15)57-30-58-75(16)59-60-79-80(76,77)78/h31,33,35,37,39,41,43,45,47,49,51,53,55,57,75H,17-30,32,34,36,38,40,42,44,46,48,50,52,54,56,58-60H2,1-16H3,(H2,76,77,78)/p-2/b62-33+,63-35+,64-37-,65-39-,66-41-,67-43-,68-45-,69-47-,70-49-,71-51-,72-53-,73-55-,74-57-. The molecule has 0 aliphatic carbocycles. The first-order chi connectivity index (χ1) is 37.9. The van der Waals surface area contributed by atoms with E-state index in [1.165, 1.54) is 117 Å². The number of hydrogen-bond acceptors (Lipinski definition) is 4. The molecular formula is C75H123O4P-2. The lowest BCUT2D eigenvalue weighted by molar-refractivity contribution is -0.341. The minimum Gasteiger partial charge on any atom is -0.790 e. The van der Waals surface area contributed by atoms with Crippen molar-refractivity contribution in [3.8, 4) is 0 Å². The monoisotopic (exact) mass is 1120 g/mol. The summed E-state index contributed by atoms with van der Waals surface area (Å²) in [5, 5.41) is 0. The van der Waals surface area contributed by atoms with Gasteiger partial charge in [-0.1, -0.05) is 170 Å². The summed E-state index contributed by atoms with van der Waals surface area (Å²) in [6, 6.07) is 0. The maximum absolute atomic E-state index is 10.6. The van der Waals surface area contributed by atoms with Crippen LogP contribution in [0.3, 0.4) is 0 Å². The summed E-state index contributed by atoms with van der Waals surface area (Å²) in [6.07, 6.45) is 66.2. The maximum atomic E-state index is 10.6. The van der Waals surface area contributed by atoms with Gasteiger partial charge in [0.25, 0.3) is 0 Å². The normalized spacial score (nSPS) is 15.4. The molecular weight excluding hydrogens is 996 g/mol. The fourth-order valence-corrected chi connectivity index (χ4v) is 9.92. The van der Waals surface area contributed by atoms with E-state index in [9.17, 15) is 14.4 Å². The van der Waals surface area contributed by atoms with Crippen LogP contribution >= 0.6 is 7.82 Å². The smallest absolute Gasteiger partial charge is 0.0596 e. The molecule has 0 N–H and O–H groups in total. The average Bonchev–Trinajstić information content (AvgIpc) is 3.36. The molecule has 0 amide bonds. The van der Waals surface area contributed by atoms with Gasteiger partial charge in [0.1, 0.15) is 0 Å². The molecule has 0 fully saturated rings. The number of phosphoric ester groups is 1. The first-order valence-electron chi connectivity index (χ1n) is 31.8. The summed E-state index contributed by atoms with van der Waals surface area (Å²) in [4.78, 5) is 21.2. The zero-order chi connectivity index (χ0) is 60.0. The quantitative estimate of drug-likeness (QED) is 0.0450. The summed E-state index contributed by atoms with van der Waals surface area (Å²) < 4.78 is 15.0. The number of hydrogen-bond donors (Lipinski definition) is 0. The molecule has 4 nitrogen and oxygen atoms in total. The molecule has 0 rings (SSSR count). The van der Waals surface area contributed by atoms with Crippen LogP contribution in [0.25, 0.3) is 0 Å². The van der Waals surface area contributed by atoms with E-state index in [0.717, 1.165) is 141 Å². The molecule has 0 aliphatic heterocycles. The van der Waals surface area contributed by atoms with Gasteiger partial charge in [-0.2, -0.15) is 0 Å². The third-order valence-corrected chi connectivity index (χ3v) is 16.0. The van der Waals surface area contributed by atoms with Crippen LogP contribution in [0.2, 0.25) is 0 Å². The second-order valence-corrected chi connectivity index (χ2v) is 25.8. The van der Waals surface area contributed by atoms with Crippen molar-refractivity contribution in [2.45, 2.75) is 297 Å². The van der Waals surface area contributed by atoms with Crippen molar-refractivity contribution in [1.82, 2.24) is 0 Å². The molecule has 0 aromatic rings. The van der Waals surface area contributed by atoms with E-state index in [1.807, 2.05) is 0 Å². The Kier molecular flexibility index (Phi) is 46.8. The zero-order valence-electron chi connectivity index (χ0n) is 55.0. The highest BCUT2D eigenvalue weighted by atomic mass is 31.2. The number of allylic oxidation sites excluding steroid dienone is 28. The molecule has 0 aliphatic rings. The van der Waals surface area contributed by atoms with Crippen LogP contribution in [0.15, 0.2) is 163 Å². The van der Waals surface area contributed by atoms with Crippen LogP contribution in [-0.2, 0) is 9.09 Å². The molecule has 0 spiro atoms. The minimum atomic E-state index is -4.86. The van der Waals surface area contributed by atoms with E-state index in [0.29, 0.717) is 12.3 Å². The molecule has 0 saturated carbocycles. The van der Waals surface area contributed by atoms with E-state index in [2.05, 4.69) is 200 Å². The SMILES string of the molecule is CC(C)=CCC/C(C)=C/CC/C(C)=C/CC/C(C)=C\CC/C(C)=C\CC/C(C)=C\CC/C(C)=C\CC/C(C)=C\CC/C(C)=C\CC/C(C)=C\CC/C(C)=C\CC/C(C)=C\CC/C(C)=C\CC/C(C)=C\CCC(C)CCOP(=O)([O-])[O-]. The Balaban J connectivity index is 4.31. The fourth-order valence-electron chi connectivity index (χ4n) is 9.59.